The Morgan fingerprint density at radius 1 is 1.22 bits per heavy atom. The van der Waals surface area contributed by atoms with Crippen LogP contribution in [0.4, 0.5) is 0 Å². The summed E-state index contributed by atoms with van der Waals surface area (Å²) in [6.07, 6.45) is 0. The summed E-state index contributed by atoms with van der Waals surface area (Å²) >= 11 is 0. The van der Waals surface area contributed by atoms with Crippen LogP contribution in [0.15, 0.2) is 30.3 Å². The molecule has 1 rings (SSSR count). The molecule has 0 amide bonds. The van der Waals surface area contributed by atoms with E-state index in [1.54, 1.807) is 0 Å². The molecule has 44 valence electrons. The van der Waals surface area contributed by atoms with Crippen LogP contribution in [0.3, 0.4) is 0 Å². The first-order chi connectivity index (χ1) is 4.43. The fourth-order valence-corrected chi connectivity index (χ4v) is 0.613. The molecule has 0 spiro atoms. The van der Waals surface area contributed by atoms with E-state index in [1.807, 2.05) is 30.3 Å². The van der Waals surface area contributed by atoms with Crippen molar-refractivity contribution < 1.29 is 4.74 Å². The fraction of sp³-hybridized carbons (Fsp3) is 0.143. The van der Waals surface area contributed by atoms with Crippen molar-refractivity contribution in [2.24, 2.45) is 0 Å². The van der Waals surface area contributed by atoms with Gasteiger partial charge in [-0.1, -0.05) is 18.2 Å². The topological polar surface area (TPSA) is 9.23 Å². The molecule has 0 N–H and O–H groups in total. The lowest BCUT2D eigenvalue weighted by Crippen LogP contribution is -1.94. The largest absolute Gasteiger partial charge is 0.504 e. The van der Waals surface area contributed by atoms with Crippen LogP contribution in [0.2, 0.25) is 0 Å². The van der Waals surface area contributed by atoms with Gasteiger partial charge in [-0.3, -0.25) is 0 Å². The number of benzene rings is 1. The number of ether oxygens (including phenoxy) is 1. The van der Waals surface area contributed by atoms with Crippen molar-refractivity contribution in [3.8, 4) is 5.75 Å². The number of para-hydroxylation sites is 1. The highest BCUT2D eigenvalue weighted by Crippen LogP contribution is 2.06. The first-order valence-corrected chi connectivity index (χ1v) is 2.81. The maximum atomic E-state index is 5.14. The second-order valence-electron chi connectivity index (χ2n) is 1.62. The average Bonchev–Trinajstić information content (AvgIpc) is 1.91. The first kappa shape index (κ1) is 6.21. The summed E-state index contributed by atoms with van der Waals surface area (Å²) in [5.74, 6) is 0.819. The Labute approximate surface area is 56.1 Å². The van der Waals surface area contributed by atoms with Crippen molar-refractivity contribution in [2.75, 3.05) is 6.51 Å². The highest BCUT2D eigenvalue weighted by atomic mass is 16.5. The van der Waals surface area contributed by atoms with Gasteiger partial charge in [-0.15, -0.1) is 0 Å². The monoisotopic (exact) mass is 118 g/mol. The summed E-state index contributed by atoms with van der Waals surface area (Å²) in [5, 5.41) is 0. The van der Waals surface area contributed by atoms with E-state index in [0.717, 1.165) is 5.75 Å². The number of hydrogen-bond acceptors (Lipinski definition) is 1. The van der Waals surface area contributed by atoms with E-state index in [4.69, 9.17) is 12.6 Å². The van der Waals surface area contributed by atoms with Gasteiger partial charge >= 0.3 is 0 Å². The smallest absolute Gasteiger partial charge is 0.122 e. The SMILES string of the molecule is [B]COc1ccccc1. The quantitative estimate of drug-likeness (QED) is 0.530. The van der Waals surface area contributed by atoms with Crippen LogP contribution in [0.5, 0.6) is 5.75 Å². The van der Waals surface area contributed by atoms with E-state index < -0.39 is 0 Å². The average molecular weight is 118 g/mol. The standard InChI is InChI=1S/C7H7BO/c8-6-9-7-4-2-1-3-5-7/h1-5H,6H2. The van der Waals surface area contributed by atoms with E-state index >= 15 is 0 Å². The lowest BCUT2D eigenvalue weighted by atomic mass is 10.2. The van der Waals surface area contributed by atoms with Gasteiger partial charge < -0.3 is 4.74 Å². The van der Waals surface area contributed by atoms with Crippen LogP contribution in [0.25, 0.3) is 0 Å². The summed E-state index contributed by atoms with van der Waals surface area (Å²) in [5.41, 5.74) is 0. The molecule has 1 aromatic carbocycles. The summed E-state index contributed by atoms with van der Waals surface area (Å²) in [4.78, 5) is 0. The molecule has 0 aliphatic rings. The van der Waals surface area contributed by atoms with Gasteiger partial charge in [0, 0.05) is 6.51 Å². The summed E-state index contributed by atoms with van der Waals surface area (Å²) < 4.78 is 4.98. The molecule has 0 aliphatic carbocycles. The van der Waals surface area contributed by atoms with Gasteiger partial charge in [0.25, 0.3) is 0 Å². The van der Waals surface area contributed by atoms with E-state index in [-0.39, 0.29) is 6.51 Å². The van der Waals surface area contributed by atoms with E-state index in [1.165, 1.54) is 0 Å². The van der Waals surface area contributed by atoms with Crippen molar-refractivity contribution in [1.29, 1.82) is 0 Å². The molecule has 1 nitrogen and oxygen atoms in total. The van der Waals surface area contributed by atoms with Crippen molar-refractivity contribution in [1.82, 2.24) is 0 Å². The molecular formula is C7H7BO. The Hall–Kier alpha value is -0.915. The van der Waals surface area contributed by atoms with E-state index in [2.05, 4.69) is 0 Å². The molecule has 0 fully saturated rings. The Kier molecular flexibility index (Phi) is 2.19. The Morgan fingerprint density at radius 3 is 2.44 bits per heavy atom. The minimum absolute atomic E-state index is 0.240. The molecule has 0 unspecified atom stereocenters. The molecule has 9 heavy (non-hydrogen) atoms. The molecular weight excluding hydrogens is 111 g/mol. The minimum atomic E-state index is 0.240. The lowest BCUT2D eigenvalue weighted by Gasteiger charge is -1.99. The van der Waals surface area contributed by atoms with Crippen molar-refractivity contribution in [2.45, 2.75) is 0 Å². The highest BCUT2D eigenvalue weighted by molar-refractivity contribution is 6.08. The third kappa shape index (κ3) is 1.80. The van der Waals surface area contributed by atoms with Gasteiger partial charge in [-0.2, -0.15) is 0 Å². The summed E-state index contributed by atoms with van der Waals surface area (Å²) in [6, 6.07) is 9.49. The van der Waals surface area contributed by atoms with Gasteiger partial charge in [0.05, 0.1) is 0 Å². The van der Waals surface area contributed by atoms with Crippen molar-refractivity contribution >= 4 is 7.85 Å². The zero-order valence-electron chi connectivity index (χ0n) is 5.08. The molecule has 0 aromatic heterocycles. The molecule has 0 bridgehead atoms. The van der Waals surface area contributed by atoms with E-state index in [9.17, 15) is 0 Å². The van der Waals surface area contributed by atoms with Crippen LogP contribution in [0.1, 0.15) is 0 Å². The Balaban J connectivity index is 2.61. The van der Waals surface area contributed by atoms with Gasteiger partial charge in [0.1, 0.15) is 13.6 Å². The van der Waals surface area contributed by atoms with Crippen LogP contribution in [-0.4, -0.2) is 14.4 Å². The minimum Gasteiger partial charge on any atom is -0.504 e. The van der Waals surface area contributed by atoms with Crippen LogP contribution in [-0.2, 0) is 0 Å². The third-order valence-electron chi connectivity index (χ3n) is 0.993. The molecule has 0 aliphatic heterocycles. The predicted octanol–water partition coefficient (Wildman–Crippen LogP) is 1.19. The normalized spacial score (nSPS) is 8.89. The van der Waals surface area contributed by atoms with Crippen molar-refractivity contribution in [3.63, 3.8) is 0 Å². The molecule has 0 saturated heterocycles. The molecule has 0 atom stereocenters. The van der Waals surface area contributed by atoms with Gasteiger partial charge in [0.15, 0.2) is 0 Å². The van der Waals surface area contributed by atoms with Crippen LogP contribution < -0.4 is 4.74 Å². The fourth-order valence-electron chi connectivity index (χ4n) is 0.613. The van der Waals surface area contributed by atoms with Gasteiger partial charge in [-0.05, 0) is 12.1 Å². The zero-order chi connectivity index (χ0) is 6.53. The van der Waals surface area contributed by atoms with E-state index in [0.29, 0.717) is 0 Å². The molecule has 2 heteroatoms. The lowest BCUT2D eigenvalue weighted by molar-refractivity contribution is 0.387. The third-order valence-corrected chi connectivity index (χ3v) is 0.993. The molecule has 0 heterocycles. The second-order valence-corrected chi connectivity index (χ2v) is 1.62. The maximum Gasteiger partial charge on any atom is 0.122 e. The summed E-state index contributed by atoms with van der Waals surface area (Å²) in [7, 11) is 5.14. The molecule has 0 saturated carbocycles. The van der Waals surface area contributed by atoms with Gasteiger partial charge in [-0.25, -0.2) is 0 Å². The van der Waals surface area contributed by atoms with Crippen molar-refractivity contribution in [3.05, 3.63) is 30.3 Å². The highest BCUT2D eigenvalue weighted by Gasteiger charge is 1.83. The van der Waals surface area contributed by atoms with Crippen LogP contribution >= 0.6 is 0 Å². The number of hydrogen-bond donors (Lipinski definition) is 0. The first-order valence-electron chi connectivity index (χ1n) is 2.81. The maximum absolute atomic E-state index is 5.14. The molecule has 1 aromatic rings. The Bertz CT molecular complexity index is 162. The predicted molar refractivity (Wildman–Crippen MR) is 37.7 cm³/mol. The van der Waals surface area contributed by atoms with Crippen LogP contribution in [0, 0.1) is 0 Å². The zero-order valence-corrected chi connectivity index (χ0v) is 5.08. The second kappa shape index (κ2) is 3.18. The van der Waals surface area contributed by atoms with Gasteiger partial charge in [0.2, 0.25) is 0 Å². The number of rotatable bonds is 2. The summed E-state index contributed by atoms with van der Waals surface area (Å²) in [6.45, 7) is 0.240. The Morgan fingerprint density at radius 2 is 1.89 bits per heavy atom. The molecule has 2 radical (unpaired) electrons.